The number of amides is 1. The molecule has 0 radical (unpaired) electrons. The van der Waals surface area contributed by atoms with Gasteiger partial charge in [0, 0.05) is 17.8 Å². The van der Waals surface area contributed by atoms with Gasteiger partial charge in [-0.1, -0.05) is 6.07 Å². The lowest BCUT2D eigenvalue weighted by atomic mass is 10.2. The van der Waals surface area contributed by atoms with Crippen LogP contribution in [0.25, 0.3) is 0 Å². The van der Waals surface area contributed by atoms with E-state index < -0.39 is 23.9 Å². The molecule has 0 heterocycles. The third-order valence-electron chi connectivity index (χ3n) is 2.56. The number of anilines is 1. The first kappa shape index (κ1) is 17.9. The van der Waals surface area contributed by atoms with Crippen molar-refractivity contribution in [3.05, 3.63) is 42.0 Å². The Balaban J connectivity index is 2.55. The van der Waals surface area contributed by atoms with Crippen LogP contribution in [-0.2, 0) is 23.9 Å². The van der Waals surface area contributed by atoms with E-state index in [1.165, 1.54) is 13.0 Å². The summed E-state index contributed by atoms with van der Waals surface area (Å²) in [5, 5.41) is 11.3. The second kappa shape index (κ2) is 9.00. The number of rotatable bonds is 6. The van der Waals surface area contributed by atoms with Crippen LogP contribution in [0.15, 0.2) is 36.4 Å². The summed E-state index contributed by atoms with van der Waals surface area (Å²) in [6.07, 6.45) is 0.741. The zero-order valence-corrected chi connectivity index (χ0v) is 12.7. The number of hydrogen-bond acceptors (Lipinski definition) is 6. The van der Waals surface area contributed by atoms with Crippen molar-refractivity contribution >= 4 is 23.5 Å². The van der Waals surface area contributed by atoms with Gasteiger partial charge in [0.15, 0.2) is 6.10 Å². The molecule has 1 rings (SSSR count). The average Bonchev–Trinajstić information content (AvgIpc) is 2.53. The van der Waals surface area contributed by atoms with Gasteiger partial charge >= 0.3 is 11.9 Å². The smallest absolute Gasteiger partial charge is 0.331 e. The SMILES string of the molecule is CCOC(=O)C=CC(=O)OC(C)C(=O)Nc1cccc(C#N)c1. The summed E-state index contributed by atoms with van der Waals surface area (Å²) >= 11 is 0. The van der Waals surface area contributed by atoms with Crippen molar-refractivity contribution in [3.8, 4) is 6.07 Å². The fourth-order valence-electron chi connectivity index (χ4n) is 1.50. The number of carbonyl (C=O) groups excluding carboxylic acids is 3. The first-order chi connectivity index (χ1) is 11.0. The molecule has 0 saturated heterocycles. The van der Waals surface area contributed by atoms with Crippen LogP contribution in [-0.4, -0.2) is 30.6 Å². The minimum absolute atomic E-state index is 0.193. The summed E-state index contributed by atoms with van der Waals surface area (Å²) in [7, 11) is 0. The van der Waals surface area contributed by atoms with Crippen LogP contribution in [0.3, 0.4) is 0 Å². The molecular formula is C16H16N2O5. The van der Waals surface area contributed by atoms with Gasteiger partial charge in [-0.2, -0.15) is 5.26 Å². The molecule has 0 aromatic heterocycles. The van der Waals surface area contributed by atoms with Crippen molar-refractivity contribution in [3.63, 3.8) is 0 Å². The van der Waals surface area contributed by atoms with Crippen molar-refractivity contribution in [2.45, 2.75) is 20.0 Å². The Morgan fingerprint density at radius 1 is 1.30 bits per heavy atom. The van der Waals surface area contributed by atoms with Crippen LogP contribution in [0, 0.1) is 11.3 Å². The Hall–Kier alpha value is -3.14. The van der Waals surface area contributed by atoms with Crippen molar-refractivity contribution < 1.29 is 23.9 Å². The molecule has 120 valence electrons. The number of carbonyl (C=O) groups is 3. The number of nitriles is 1. The molecule has 0 aliphatic carbocycles. The van der Waals surface area contributed by atoms with E-state index in [-0.39, 0.29) is 6.61 Å². The minimum Gasteiger partial charge on any atom is -0.463 e. The minimum atomic E-state index is -1.07. The highest BCUT2D eigenvalue weighted by Gasteiger charge is 2.17. The molecule has 0 bridgehead atoms. The molecule has 0 aliphatic rings. The molecular weight excluding hydrogens is 300 g/mol. The zero-order chi connectivity index (χ0) is 17.2. The van der Waals surface area contributed by atoms with E-state index in [4.69, 9.17) is 10.00 Å². The Morgan fingerprint density at radius 3 is 2.65 bits per heavy atom. The molecule has 0 spiro atoms. The number of benzene rings is 1. The van der Waals surface area contributed by atoms with Gasteiger partial charge in [0.25, 0.3) is 5.91 Å². The van der Waals surface area contributed by atoms with Gasteiger partial charge in [-0.05, 0) is 32.0 Å². The Labute approximate surface area is 133 Å². The van der Waals surface area contributed by atoms with Crippen LogP contribution >= 0.6 is 0 Å². The van der Waals surface area contributed by atoms with Gasteiger partial charge in [0.2, 0.25) is 0 Å². The summed E-state index contributed by atoms with van der Waals surface area (Å²) in [6, 6.07) is 8.26. The number of nitrogens with zero attached hydrogens (tertiary/aromatic N) is 1. The third-order valence-corrected chi connectivity index (χ3v) is 2.56. The molecule has 1 atom stereocenters. The largest absolute Gasteiger partial charge is 0.463 e. The van der Waals surface area contributed by atoms with Crippen molar-refractivity contribution in [1.29, 1.82) is 5.26 Å². The number of hydrogen-bond donors (Lipinski definition) is 1. The molecule has 0 fully saturated rings. The molecule has 1 amide bonds. The van der Waals surface area contributed by atoms with E-state index in [1.54, 1.807) is 25.1 Å². The van der Waals surface area contributed by atoms with E-state index in [2.05, 4.69) is 10.1 Å². The van der Waals surface area contributed by atoms with Crippen molar-refractivity contribution in [1.82, 2.24) is 0 Å². The normalized spacial score (nSPS) is 11.3. The molecule has 7 heteroatoms. The quantitative estimate of drug-likeness (QED) is 0.630. The van der Waals surface area contributed by atoms with Gasteiger partial charge in [0.1, 0.15) is 0 Å². The van der Waals surface area contributed by atoms with E-state index in [0.717, 1.165) is 12.2 Å². The van der Waals surface area contributed by atoms with Crippen LogP contribution < -0.4 is 5.32 Å². The van der Waals surface area contributed by atoms with Crippen molar-refractivity contribution in [2.75, 3.05) is 11.9 Å². The van der Waals surface area contributed by atoms with Crippen LogP contribution in [0.1, 0.15) is 19.4 Å². The molecule has 1 aromatic rings. The lowest BCUT2D eigenvalue weighted by Crippen LogP contribution is -2.29. The molecule has 23 heavy (non-hydrogen) atoms. The summed E-state index contributed by atoms with van der Waals surface area (Å²) in [5.41, 5.74) is 0.809. The molecule has 1 unspecified atom stereocenters. The number of ether oxygens (including phenoxy) is 2. The molecule has 1 aromatic carbocycles. The lowest BCUT2D eigenvalue weighted by molar-refractivity contribution is -0.148. The second-order valence-corrected chi connectivity index (χ2v) is 4.35. The van der Waals surface area contributed by atoms with Gasteiger partial charge < -0.3 is 14.8 Å². The number of esters is 2. The maximum Gasteiger partial charge on any atom is 0.331 e. The molecule has 0 saturated carbocycles. The summed E-state index contributed by atoms with van der Waals surface area (Å²) < 4.78 is 9.47. The summed E-state index contributed by atoms with van der Waals surface area (Å²) in [4.78, 5) is 34.4. The third kappa shape index (κ3) is 6.44. The van der Waals surface area contributed by atoms with Crippen LogP contribution in [0.5, 0.6) is 0 Å². The fraction of sp³-hybridized carbons (Fsp3) is 0.250. The predicted molar refractivity (Wildman–Crippen MR) is 81.1 cm³/mol. The van der Waals surface area contributed by atoms with Gasteiger partial charge in [-0.15, -0.1) is 0 Å². The monoisotopic (exact) mass is 316 g/mol. The lowest BCUT2D eigenvalue weighted by Gasteiger charge is -2.12. The predicted octanol–water partition coefficient (Wildman–Crippen LogP) is 1.55. The maximum atomic E-state index is 11.9. The molecule has 1 N–H and O–H groups in total. The highest BCUT2D eigenvalue weighted by atomic mass is 16.5. The fourth-order valence-corrected chi connectivity index (χ4v) is 1.50. The highest BCUT2D eigenvalue weighted by molar-refractivity contribution is 5.97. The van der Waals surface area contributed by atoms with Crippen molar-refractivity contribution in [2.24, 2.45) is 0 Å². The highest BCUT2D eigenvalue weighted by Crippen LogP contribution is 2.10. The number of nitrogens with one attached hydrogen (secondary N) is 1. The van der Waals surface area contributed by atoms with Gasteiger partial charge in [-0.3, -0.25) is 4.79 Å². The zero-order valence-electron chi connectivity index (χ0n) is 12.7. The second-order valence-electron chi connectivity index (χ2n) is 4.35. The van der Waals surface area contributed by atoms with Crippen LogP contribution in [0.4, 0.5) is 5.69 Å². The first-order valence-corrected chi connectivity index (χ1v) is 6.82. The van der Waals surface area contributed by atoms with Gasteiger partial charge in [-0.25, -0.2) is 9.59 Å². The van der Waals surface area contributed by atoms with E-state index in [9.17, 15) is 14.4 Å². The summed E-state index contributed by atoms with van der Waals surface area (Å²) in [5.74, 6) is -2.07. The molecule has 0 aliphatic heterocycles. The topological polar surface area (TPSA) is 105 Å². The van der Waals surface area contributed by atoms with E-state index >= 15 is 0 Å². The maximum absolute atomic E-state index is 11.9. The molecule has 7 nitrogen and oxygen atoms in total. The van der Waals surface area contributed by atoms with Gasteiger partial charge in [0.05, 0.1) is 18.2 Å². The average molecular weight is 316 g/mol. The standard InChI is InChI=1S/C16H16N2O5/c1-3-22-14(19)7-8-15(20)23-11(2)16(21)18-13-6-4-5-12(9-13)10-17/h4-9,11H,3H2,1-2H3,(H,18,21). The first-order valence-electron chi connectivity index (χ1n) is 6.82. The Kier molecular flexibility index (Phi) is 7.01. The Bertz CT molecular complexity index is 661. The van der Waals surface area contributed by atoms with Crippen LogP contribution in [0.2, 0.25) is 0 Å². The van der Waals surface area contributed by atoms with E-state index in [1.807, 2.05) is 6.07 Å². The van der Waals surface area contributed by atoms with E-state index in [0.29, 0.717) is 11.3 Å². The Morgan fingerprint density at radius 2 is 2.00 bits per heavy atom. The summed E-state index contributed by atoms with van der Waals surface area (Å²) in [6.45, 7) is 3.22.